The molecule has 136 valence electrons. The highest BCUT2D eigenvalue weighted by Gasteiger charge is 2.14. The van der Waals surface area contributed by atoms with Crippen molar-refractivity contribution in [3.05, 3.63) is 73.6 Å². The van der Waals surface area contributed by atoms with Crippen LogP contribution in [0.2, 0.25) is 5.02 Å². The first-order valence-corrected chi connectivity index (χ1v) is 9.66. The van der Waals surface area contributed by atoms with Crippen LogP contribution in [0.4, 0.5) is 5.69 Å². The van der Waals surface area contributed by atoms with E-state index in [0.717, 1.165) is 21.8 Å². The van der Waals surface area contributed by atoms with Crippen LogP contribution < -0.4 is 11.3 Å². The fourth-order valence-electron chi connectivity index (χ4n) is 3.06. The van der Waals surface area contributed by atoms with Crippen molar-refractivity contribution in [2.45, 2.75) is 20.4 Å². The Morgan fingerprint density at radius 2 is 1.89 bits per heavy atom. The van der Waals surface area contributed by atoms with Gasteiger partial charge in [-0.2, -0.15) is 0 Å². The monoisotopic (exact) mass is 396 g/mol. The second kappa shape index (κ2) is 6.79. The predicted molar refractivity (Wildman–Crippen MR) is 112 cm³/mol. The van der Waals surface area contributed by atoms with Gasteiger partial charge in [-0.15, -0.1) is 11.3 Å². The van der Waals surface area contributed by atoms with Crippen molar-refractivity contribution in [1.82, 2.24) is 14.5 Å². The second-order valence-corrected chi connectivity index (χ2v) is 7.88. The molecule has 2 aromatic carbocycles. The van der Waals surface area contributed by atoms with Gasteiger partial charge in [-0.1, -0.05) is 23.7 Å². The van der Waals surface area contributed by atoms with Crippen LogP contribution in [0.1, 0.15) is 16.4 Å². The number of nitrogen functional groups attached to an aromatic ring is 1. The fraction of sp³-hybridized carbons (Fsp3) is 0.150. The number of anilines is 1. The summed E-state index contributed by atoms with van der Waals surface area (Å²) in [6, 6.07) is 11.0. The van der Waals surface area contributed by atoms with Crippen molar-refractivity contribution in [3.8, 4) is 11.3 Å². The first kappa shape index (κ1) is 17.7. The number of hydrogen-bond donors (Lipinski definition) is 1. The van der Waals surface area contributed by atoms with Crippen LogP contribution in [0.5, 0.6) is 0 Å². The zero-order valence-corrected chi connectivity index (χ0v) is 16.4. The zero-order valence-electron chi connectivity index (χ0n) is 14.9. The molecule has 5 nitrogen and oxygen atoms in total. The molecule has 4 aromatic rings. The number of halogens is 1. The van der Waals surface area contributed by atoms with Crippen LogP contribution in [-0.2, 0) is 6.54 Å². The van der Waals surface area contributed by atoms with E-state index in [0.29, 0.717) is 34.0 Å². The van der Waals surface area contributed by atoms with E-state index in [-0.39, 0.29) is 5.56 Å². The topological polar surface area (TPSA) is 73.8 Å². The number of rotatable bonds is 3. The lowest BCUT2D eigenvalue weighted by Gasteiger charge is -2.12. The van der Waals surface area contributed by atoms with Crippen molar-refractivity contribution in [2.24, 2.45) is 0 Å². The SMILES string of the molecule is Cc1nc(-c2cc3nc(C)n(Cc4ccc(Cl)cc4)c(=O)c3cc2N)cs1. The number of hydrogen-bond acceptors (Lipinski definition) is 5. The minimum absolute atomic E-state index is 0.111. The molecule has 7 heteroatoms. The molecule has 0 aliphatic rings. The minimum atomic E-state index is -0.111. The maximum Gasteiger partial charge on any atom is 0.261 e. The molecule has 0 bridgehead atoms. The molecular weight excluding hydrogens is 380 g/mol. The van der Waals surface area contributed by atoms with Gasteiger partial charge >= 0.3 is 0 Å². The van der Waals surface area contributed by atoms with Crippen molar-refractivity contribution in [2.75, 3.05) is 5.73 Å². The normalized spacial score (nSPS) is 11.2. The molecular formula is C20H17ClN4OS. The van der Waals surface area contributed by atoms with E-state index in [2.05, 4.69) is 9.97 Å². The molecule has 2 aromatic heterocycles. The van der Waals surface area contributed by atoms with E-state index in [4.69, 9.17) is 17.3 Å². The Labute approximate surface area is 165 Å². The highest BCUT2D eigenvalue weighted by molar-refractivity contribution is 7.09. The van der Waals surface area contributed by atoms with Crippen LogP contribution in [0.15, 0.2) is 46.6 Å². The van der Waals surface area contributed by atoms with E-state index in [9.17, 15) is 4.79 Å². The van der Waals surface area contributed by atoms with Gasteiger partial charge in [0.05, 0.1) is 28.1 Å². The Balaban J connectivity index is 1.84. The Morgan fingerprint density at radius 3 is 2.56 bits per heavy atom. The predicted octanol–water partition coefficient (Wildman–Crippen LogP) is 4.42. The summed E-state index contributed by atoms with van der Waals surface area (Å²) in [6.45, 7) is 4.21. The molecule has 0 unspecified atom stereocenters. The van der Waals surface area contributed by atoms with Gasteiger partial charge in [0.2, 0.25) is 0 Å². The standard InChI is InChI=1S/C20H17ClN4OS/c1-11-23-18-8-15(19-10-27-12(2)24-19)17(22)7-16(18)20(26)25(11)9-13-3-5-14(21)6-4-13/h3-8,10H,9,22H2,1-2H3. The number of aryl methyl sites for hydroxylation is 2. The van der Waals surface area contributed by atoms with Gasteiger partial charge in [0.25, 0.3) is 5.56 Å². The summed E-state index contributed by atoms with van der Waals surface area (Å²) in [7, 11) is 0. The fourth-order valence-corrected chi connectivity index (χ4v) is 3.80. The molecule has 27 heavy (non-hydrogen) atoms. The molecule has 0 radical (unpaired) electrons. The van der Waals surface area contributed by atoms with Gasteiger partial charge in [-0.05, 0) is 43.7 Å². The number of benzene rings is 2. The molecule has 0 amide bonds. The van der Waals surface area contributed by atoms with Crippen LogP contribution in [-0.4, -0.2) is 14.5 Å². The lowest BCUT2D eigenvalue weighted by molar-refractivity contribution is 0.713. The number of nitrogens with two attached hydrogens (primary N) is 1. The van der Waals surface area contributed by atoms with Crippen molar-refractivity contribution in [3.63, 3.8) is 0 Å². The lowest BCUT2D eigenvalue weighted by atomic mass is 10.1. The quantitative estimate of drug-likeness (QED) is 0.520. The third kappa shape index (κ3) is 3.34. The second-order valence-electron chi connectivity index (χ2n) is 6.39. The van der Waals surface area contributed by atoms with Crippen LogP contribution in [0.25, 0.3) is 22.2 Å². The number of thiazole rings is 1. The molecule has 0 saturated carbocycles. The summed E-state index contributed by atoms with van der Waals surface area (Å²) in [4.78, 5) is 22.2. The Kier molecular flexibility index (Phi) is 4.45. The third-order valence-corrected chi connectivity index (χ3v) is 5.49. The van der Waals surface area contributed by atoms with E-state index in [1.165, 1.54) is 0 Å². The number of nitrogens with zero attached hydrogens (tertiary/aromatic N) is 3. The van der Waals surface area contributed by atoms with Crippen molar-refractivity contribution >= 4 is 39.5 Å². The molecule has 0 atom stereocenters. The first-order chi connectivity index (χ1) is 12.9. The van der Waals surface area contributed by atoms with Crippen LogP contribution in [0.3, 0.4) is 0 Å². The Bertz CT molecular complexity index is 1210. The summed E-state index contributed by atoms with van der Waals surface area (Å²) in [6.07, 6.45) is 0. The first-order valence-electron chi connectivity index (χ1n) is 8.40. The highest BCUT2D eigenvalue weighted by atomic mass is 35.5. The van der Waals surface area contributed by atoms with E-state index in [1.54, 1.807) is 22.0 Å². The lowest BCUT2D eigenvalue weighted by Crippen LogP contribution is -2.24. The molecule has 2 heterocycles. The summed E-state index contributed by atoms with van der Waals surface area (Å²) in [5.74, 6) is 0.646. The summed E-state index contributed by atoms with van der Waals surface area (Å²) in [5.41, 5.74) is 9.85. The van der Waals surface area contributed by atoms with Gasteiger partial charge in [-0.25, -0.2) is 9.97 Å². The smallest absolute Gasteiger partial charge is 0.261 e. The Morgan fingerprint density at radius 1 is 1.15 bits per heavy atom. The van der Waals surface area contributed by atoms with Gasteiger partial charge in [-0.3, -0.25) is 9.36 Å². The van der Waals surface area contributed by atoms with Gasteiger partial charge in [0, 0.05) is 21.7 Å². The van der Waals surface area contributed by atoms with Crippen LogP contribution in [0, 0.1) is 13.8 Å². The minimum Gasteiger partial charge on any atom is -0.398 e. The summed E-state index contributed by atoms with van der Waals surface area (Å²) in [5, 5.41) is 4.09. The van der Waals surface area contributed by atoms with Crippen LogP contribution >= 0.6 is 22.9 Å². The van der Waals surface area contributed by atoms with E-state index in [1.807, 2.05) is 49.6 Å². The molecule has 0 aliphatic carbocycles. The average molecular weight is 397 g/mol. The molecule has 4 rings (SSSR count). The van der Waals surface area contributed by atoms with Crippen molar-refractivity contribution < 1.29 is 0 Å². The summed E-state index contributed by atoms with van der Waals surface area (Å²) < 4.78 is 1.65. The number of fused-ring (bicyclic) bond motifs is 1. The average Bonchev–Trinajstić information content (AvgIpc) is 3.07. The van der Waals surface area contributed by atoms with Gasteiger partial charge in [0.1, 0.15) is 5.82 Å². The molecule has 0 saturated heterocycles. The maximum absolute atomic E-state index is 13.1. The molecule has 0 fully saturated rings. The van der Waals surface area contributed by atoms with Gasteiger partial charge in [0.15, 0.2) is 0 Å². The highest BCUT2D eigenvalue weighted by Crippen LogP contribution is 2.30. The van der Waals surface area contributed by atoms with Gasteiger partial charge < -0.3 is 5.73 Å². The summed E-state index contributed by atoms with van der Waals surface area (Å²) >= 11 is 7.50. The molecule has 0 spiro atoms. The Hall–Kier alpha value is -2.70. The van der Waals surface area contributed by atoms with E-state index >= 15 is 0 Å². The molecule has 0 aliphatic heterocycles. The number of aromatic nitrogens is 3. The van der Waals surface area contributed by atoms with Crippen molar-refractivity contribution in [1.29, 1.82) is 0 Å². The maximum atomic E-state index is 13.1. The molecule has 2 N–H and O–H groups in total. The zero-order chi connectivity index (χ0) is 19.1. The largest absolute Gasteiger partial charge is 0.398 e. The van der Waals surface area contributed by atoms with E-state index < -0.39 is 0 Å². The third-order valence-electron chi connectivity index (χ3n) is 4.47.